The Morgan fingerprint density at radius 1 is 1.33 bits per heavy atom. The monoisotopic (exact) mass is 399 g/mol. The predicted molar refractivity (Wildman–Crippen MR) is 95.1 cm³/mol. The molecule has 1 fully saturated rings. The van der Waals surface area contributed by atoms with Gasteiger partial charge < -0.3 is 15.3 Å². The maximum absolute atomic E-state index is 12.7. The Labute approximate surface area is 158 Å². The highest BCUT2D eigenvalue weighted by atomic mass is 35.5. The normalized spacial score (nSPS) is 17.3. The first-order chi connectivity index (χ1) is 12.7. The van der Waals surface area contributed by atoms with Crippen LogP contribution in [0.3, 0.4) is 0 Å². The number of halogens is 4. The maximum Gasteiger partial charge on any atom is 0.417 e. The molecule has 9 heteroatoms. The lowest BCUT2D eigenvalue weighted by Crippen LogP contribution is -2.32. The van der Waals surface area contributed by atoms with Crippen LogP contribution in [-0.2, 0) is 12.7 Å². The molecule has 5 nitrogen and oxygen atoms in total. The standard InChI is InChI=1S/C18H17ClF3N3O2/c19-15-7-13(18(20,21)22)9-24-16(15)25-6-5-14(10-25)23-8-11-1-3-12(4-2-11)17(26)27/h1-4,7,9,14,23H,5-6,8,10H2,(H,26,27). The molecule has 1 unspecified atom stereocenters. The van der Waals surface area contributed by atoms with Crippen molar-refractivity contribution in [1.29, 1.82) is 0 Å². The van der Waals surface area contributed by atoms with E-state index in [4.69, 9.17) is 16.7 Å². The Morgan fingerprint density at radius 2 is 2.04 bits per heavy atom. The Bertz CT molecular complexity index is 828. The number of benzene rings is 1. The third-order valence-electron chi connectivity index (χ3n) is 4.43. The number of carboxylic acid groups (broad SMARTS) is 1. The van der Waals surface area contributed by atoms with E-state index in [1.165, 1.54) is 0 Å². The third-order valence-corrected chi connectivity index (χ3v) is 4.71. The fourth-order valence-corrected chi connectivity index (χ4v) is 3.25. The molecule has 2 aromatic rings. The molecule has 0 radical (unpaired) electrons. The van der Waals surface area contributed by atoms with Crippen LogP contribution < -0.4 is 10.2 Å². The first-order valence-corrected chi connectivity index (χ1v) is 8.65. The zero-order valence-electron chi connectivity index (χ0n) is 14.1. The molecule has 0 saturated carbocycles. The van der Waals surface area contributed by atoms with Gasteiger partial charge in [0.1, 0.15) is 5.82 Å². The summed E-state index contributed by atoms with van der Waals surface area (Å²) >= 11 is 6.00. The van der Waals surface area contributed by atoms with Gasteiger partial charge in [0.05, 0.1) is 16.1 Å². The second kappa shape index (κ2) is 7.74. The van der Waals surface area contributed by atoms with E-state index >= 15 is 0 Å². The van der Waals surface area contributed by atoms with Gasteiger partial charge in [-0.15, -0.1) is 0 Å². The van der Waals surface area contributed by atoms with Crippen LogP contribution in [0.15, 0.2) is 36.5 Å². The molecule has 2 heterocycles. The first kappa shape index (κ1) is 19.4. The Morgan fingerprint density at radius 3 is 2.63 bits per heavy atom. The molecule has 0 aliphatic carbocycles. The highest BCUT2D eigenvalue weighted by Gasteiger charge is 2.33. The molecule has 3 rings (SSSR count). The number of nitrogens with zero attached hydrogens (tertiary/aromatic N) is 2. The number of pyridine rings is 1. The van der Waals surface area contributed by atoms with Gasteiger partial charge in [0.25, 0.3) is 0 Å². The summed E-state index contributed by atoms with van der Waals surface area (Å²) in [7, 11) is 0. The molecular formula is C18H17ClF3N3O2. The number of anilines is 1. The van der Waals surface area contributed by atoms with Crippen molar-refractivity contribution in [2.75, 3.05) is 18.0 Å². The predicted octanol–water partition coefficient (Wildman–Crippen LogP) is 3.82. The average Bonchev–Trinajstić information content (AvgIpc) is 3.08. The number of nitrogens with one attached hydrogen (secondary N) is 1. The van der Waals surface area contributed by atoms with Gasteiger partial charge in [-0.05, 0) is 30.2 Å². The van der Waals surface area contributed by atoms with Crippen molar-refractivity contribution in [2.45, 2.75) is 25.2 Å². The van der Waals surface area contributed by atoms with Crippen LogP contribution in [0, 0.1) is 0 Å². The second-order valence-electron chi connectivity index (χ2n) is 6.34. The molecule has 0 amide bonds. The van der Waals surface area contributed by atoms with E-state index in [1.807, 2.05) is 4.90 Å². The lowest BCUT2D eigenvalue weighted by Gasteiger charge is -2.20. The van der Waals surface area contributed by atoms with Crippen LogP contribution in [0.2, 0.25) is 5.02 Å². The lowest BCUT2D eigenvalue weighted by molar-refractivity contribution is -0.137. The minimum absolute atomic E-state index is 0.0188. The van der Waals surface area contributed by atoms with E-state index in [2.05, 4.69) is 10.3 Å². The summed E-state index contributed by atoms with van der Waals surface area (Å²) in [4.78, 5) is 16.6. The molecule has 1 aliphatic rings. The van der Waals surface area contributed by atoms with E-state index < -0.39 is 17.7 Å². The van der Waals surface area contributed by atoms with Gasteiger partial charge in [0.2, 0.25) is 0 Å². The van der Waals surface area contributed by atoms with Crippen LogP contribution in [-0.4, -0.2) is 35.2 Å². The smallest absolute Gasteiger partial charge is 0.417 e. The molecule has 1 atom stereocenters. The van der Waals surface area contributed by atoms with Crippen LogP contribution in [0.1, 0.15) is 27.9 Å². The van der Waals surface area contributed by atoms with Gasteiger partial charge in [-0.2, -0.15) is 13.2 Å². The van der Waals surface area contributed by atoms with Crippen molar-refractivity contribution in [3.63, 3.8) is 0 Å². The fraction of sp³-hybridized carbons (Fsp3) is 0.333. The van der Waals surface area contributed by atoms with Gasteiger partial charge in [-0.1, -0.05) is 23.7 Å². The zero-order chi connectivity index (χ0) is 19.6. The van der Waals surface area contributed by atoms with Gasteiger partial charge in [0.15, 0.2) is 0 Å². The van der Waals surface area contributed by atoms with Crippen LogP contribution in [0.4, 0.5) is 19.0 Å². The van der Waals surface area contributed by atoms with Crippen molar-refractivity contribution in [3.8, 4) is 0 Å². The number of aromatic carboxylic acids is 1. The van der Waals surface area contributed by atoms with Gasteiger partial charge >= 0.3 is 12.1 Å². The van der Waals surface area contributed by atoms with Crippen LogP contribution in [0.5, 0.6) is 0 Å². The summed E-state index contributed by atoms with van der Waals surface area (Å²) in [5.41, 5.74) is 0.313. The first-order valence-electron chi connectivity index (χ1n) is 8.27. The SMILES string of the molecule is O=C(O)c1ccc(CNC2CCN(c3ncc(C(F)(F)F)cc3Cl)C2)cc1. The number of alkyl halides is 3. The van der Waals surface area contributed by atoms with Crippen molar-refractivity contribution >= 4 is 23.4 Å². The number of hydrogen-bond acceptors (Lipinski definition) is 4. The quantitative estimate of drug-likeness (QED) is 0.800. The molecule has 1 aliphatic heterocycles. The summed E-state index contributed by atoms with van der Waals surface area (Å²) < 4.78 is 38.1. The lowest BCUT2D eigenvalue weighted by atomic mass is 10.1. The fourth-order valence-electron chi connectivity index (χ4n) is 2.97. The minimum Gasteiger partial charge on any atom is -0.478 e. The van der Waals surface area contributed by atoms with Crippen LogP contribution >= 0.6 is 11.6 Å². The number of aromatic nitrogens is 1. The second-order valence-corrected chi connectivity index (χ2v) is 6.75. The largest absolute Gasteiger partial charge is 0.478 e. The Hall–Kier alpha value is -2.32. The third kappa shape index (κ3) is 4.70. The van der Waals surface area contributed by atoms with Gasteiger partial charge in [0, 0.05) is 31.9 Å². The minimum atomic E-state index is -4.47. The summed E-state index contributed by atoms with van der Waals surface area (Å²) in [6.07, 6.45) is -2.88. The molecule has 2 N–H and O–H groups in total. The van der Waals surface area contributed by atoms with Crippen molar-refractivity contribution in [1.82, 2.24) is 10.3 Å². The number of carbonyl (C=O) groups is 1. The summed E-state index contributed by atoms with van der Waals surface area (Å²) in [6, 6.07) is 7.62. The number of hydrogen-bond donors (Lipinski definition) is 2. The molecule has 0 bridgehead atoms. The zero-order valence-corrected chi connectivity index (χ0v) is 14.9. The number of rotatable bonds is 5. The van der Waals surface area contributed by atoms with Crippen LogP contribution in [0.25, 0.3) is 0 Å². The van der Waals surface area contributed by atoms with E-state index in [9.17, 15) is 18.0 Å². The maximum atomic E-state index is 12.7. The average molecular weight is 400 g/mol. The molecule has 27 heavy (non-hydrogen) atoms. The van der Waals surface area contributed by atoms with Crippen molar-refractivity contribution in [3.05, 3.63) is 58.2 Å². The van der Waals surface area contributed by atoms with Gasteiger partial charge in [-0.3, -0.25) is 0 Å². The molecular weight excluding hydrogens is 383 g/mol. The van der Waals surface area contributed by atoms with E-state index in [0.29, 0.717) is 25.5 Å². The van der Waals surface area contributed by atoms with Crippen molar-refractivity contribution in [2.24, 2.45) is 0 Å². The highest BCUT2D eigenvalue weighted by Crippen LogP contribution is 2.34. The number of carboxylic acids is 1. The Balaban J connectivity index is 1.58. The molecule has 1 saturated heterocycles. The highest BCUT2D eigenvalue weighted by molar-refractivity contribution is 6.33. The van der Waals surface area contributed by atoms with Crippen molar-refractivity contribution < 1.29 is 23.1 Å². The van der Waals surface area contributed by atoms with E-state index in [-0.39, 0.29) is 16.6 Å². The van der Waals surface area contributed by atoms with Gasteiger partial charge in [-0.25, -0.2) is 9.78 Å². The molecule has 1 aromatic heterocycles. The summed E-state index contributed by atoms with van der Waals surface area (Å²) in [5.74, 6) is -0.623. The molecule has 144 valence electrons. The molecule has 0 spiro atoms. The van der Waals surface area contributed by atoms with E-state index in [1.54, 1.807) is 24.3 Å². The Kier molecular flexibility index (Phi) is 5.57. The van der Waals surface area contributed by atoms with E-state index in [0.717, 1.165) is 24.2 Å². The summed E-state index contributed by atoms with van der Waals surface area (Å²) in [5, 5.41) is 12.2. The summed E-state index contributed by atoms with van der Waals surface area (Å²) in [6.45, 7) is 1.77. The molecule has 1 aromatic carbocycles. The topological polar surface area (TPSA) is 65.5 Å².